The molecule has 0 aliphatic heterocycles. The molecule has 0 saturated heterocycles. The summed E-state index contributed by atoms with van der Waals surface area (Å²) in [6.07, 6.45) is 6.97. The van der Waals surface area contributed by atoms with Crippen LogP contribution in [0.2, 0.25) is 0 Å². The van der Waals surface area contributed by atoms with Gasteiger partial charge in [-0.15, -0.1) is 5.10 Å². The number of hydrogen-bond donors (Lipinski definition) is 2. The van der Waals surface area contributed by atoms with Crippen LogP contribution >= 0.6 is 0 Å². The van der Waals surface area contributed by atoms with Crippen molar-refractivity contribution in [2.75, 3.05) is 0 Å². The molecule has 1 amide bonds. The van der Waals surface area contributed by atoms with Crippen LogP contribution in [0.25, 0.3) is 22.1 Å². The molecule has 3 aromatic heterocycles. The van der Waals surface area contributed by atoms with Crippen LogP contribution < -0.4 is 5.32 Å². The number of ether oxygens (including phenoxy) is 1. The van der Waals surface area contributed by atoms with Gasteiger partial charge in [0.15, 0.2) is 0 Å². The normalized spacial score (nSPS) is 21.2. The lowest BCUT2D eigenvalue weighted by Gasteiger charge is -2.30. The molecule has 138 valence electrons. The summed E-state index contributed by atoms with van der Waals surface area (Å²) >= 11 is 0. The number of aromatic amines is 1. The van der Waals surface area contributed by atoms with Gasteiger partial charge in [-0.1, -0.05) is 5.21 Å². The van der Waals surface area contributed by atoms with Crippen LogP contribution in [-0.2, 0) is 4.74 Å². The predicted octanol–water partition coefficient (Wildman–Crippen LogP) is 3.32. The molecule has 4 rings (SSSR count). The molecule has 0 unspecified atom stereocenters. The molecule has 1 fully saturated rings. The van der Waals surface area contributed by atoms with Crippen LogP contribution in [0.1, 0.15) is 52.5 Å². The minimum atomic E-state index is -0.475. The molecule has 1 aliphatic rings. The second kappa shape index (κ2) is 6.26. The molecule has 2 N–H and O–H groups in total. The van der Waals surface area contributed by atoms with E-state index in [4.69, 9.17) is 4.74 Å². The van der Waals surface area contributed by atoms with Crippen molar-refractivity contribution < 1.29 is 9.53 Å². The molecule has 0 radical (unpaired) electrons. The second-order valence-electron chi connectivity index (χ2n) is 7.92. The van der Waals surface area contributed by atoms with Gasteiger partial charge in [-0.25, -0.2) is 14.5 Å². The van der Waals surface area contributed by atoms with Gasteiger partial charge in [0.25, 0.3) is 0 Å². The topological polar surface area (TPSA) is 97.7 Å². The molecule has 8 nitrogen and oxygen atoms in total. The molecule has 1 saturated carbocycles. The fraction of sp³-hybridized carbons (Fsp3) is 0.556. The van der Waals surface area contributed by atoms with E-state index in [1.54, 1.807) is 6.20 Å². The zero-order valence-corrected chi connectivity index (χ0v) is 15.3. The summed E-state index contributed by atoms with van der Waals surface area (Å²) in [4.78, 5) is 19.5. The van der Waals surface area contributed by atoms with Crippen LogP contribution in [0.15, 0.2) is 18.5 Å². The van der Waals surface area contributed by atoms with E-state index in [0.717, 1.165) is 47.8 Å². The van der Waals surface area contributed by atoms with Crippen molar-refractivity contribution in [1.82, 2.24) is 30.3 Å². The highest BCUT2D eigenvalue weighted by Crippen LogP contribution is 2.32. The maximum atomic E-state index is 12.0. The average molecular weight is 356 g/mol. The van der Waals surface area contributed by atoms with Crippen molar-refractivity contribution in [3.63, 3.8) is 0 Å². The van der Waals surface area contributed by atoms with E-state index >= 15 is 0 Å². The Morgan fingerprint density at radius 2 is 2.08 bits per heavy atom. The largest absolute Gasteiger partial charge is 0.444 e. The highest BCUT2D eigenvalue weighted by Gasteiger charge is 2.27. The summed E-state index contributed by atoms with van der Waals surface area (Å²) in [6.45, 7) is 5.61. The van der Waals surface area contributed by atoms with Crippen LogP contribution in [0, 0.1) is 0 Å². The first kappa shape index (κ1) is 16.8. The zero-order chi connectivity index (χ0) is 18.3. The minimum Gasteiger partial charge on any atom is -0.444 e. The predicted molar refractivity (Wildman–Crippen MR) is 97.8 cm³/mol. The summed E-state index contributed by atoms with van der Waals surface area (Å²) in [6, 6.07) is 2.43. The maximum absolute atomic E-state index is 12.0. The smallest absolute Gasteiger partial charge is 0.407 e. The third-order valence-electron chi connectivity index (χ3n) is 4.78. The maximum Gasteiger partial charge on any atom is 0.407 e. The van der Waals surface area contributed by atoms with Crippen molar-refractivity contribution in [2.45, 2.75) is 64.1 Å². The van der Waals surface area contributed by atoms with E-state index in [9.17, 15) is 4.79 Å². The molecular weight excluding hydrogens is 332 g/mol. The molecule has 3 aromatic rings. The first-order valence-electron chi connectivity index (χ1n) is 9.07. The third-order valence-corrected chi connectivity index (χ3v) is 4.78. The van der Waals surface area contributed by atoms with Crippen molar-refractivity contribution in [2.24, 2.45) is 0 Å². The molecule has 3 heterocycles. The Morgan fingerprint density at radius 1 is 1.31 bits per heavy atom. The van der Waals surface area contributed by atoms with Crippen molar-refractivity contribution in [3.05, 3.63) is 18.5 Å². The summed E-state index contributed by atoms with van der Waals surface area (Å²) in [7, 11) is 0. The fourth-order valence-electron chi connectivity index (χ4n) is 3.63. The number of carbonyl (C=O) groups excluding carboxylic acids is 1. The Balaban J connectivity index is 1.46. The van der Waals surface area contributed by atoms with E-state index in [0.29, 0.717) is 0 Å². The monoisotopic (exact) mass is 356 g/mol. The fourth-order valence-corrected chi connectivity index (χ4v) is 3.63. The summed E-state index contributed by atoms with van der Waals surface area (Å²) in [5.41, 5.74) is 2.21. The number of amides is 1. The molecule has 26 heavy (non-hydrogen) atoms. The van der Waals surface area contributed by atoms with Crippen molar-refractivity contribution in [3.8, 4) is 0 Å². The van der Waals surface area contributed by atoms with Gasteiger partial charge in [0.1, 0.15) is 22.3 Å². The first-order chi connectivity index (χ1) is 12.4. The standard InChI is InChI=1S/C18H24N6O2/c1-18(2,3)26-17(25)21-11-4-6-12(7-5-11)24-15-13-8-9-19-16(13)20-10-14(15)22-23-24/h8-12H,4-7H2,1-3H3,(H,19,20)(H,21,25)/t11-,12-. The summed E-state index contributed by atoms with van der Waals surface area (Å²) < 4.78 is 7.37. The van der Waals surface area contributed by atoms with Gasteiger partial charge in [-0.05, 0) is 52.5 Å². The molecule has 0 spiro atoms. The van der Waals surface area contributed by atoms with Gasteiger partial charge in [0.2, 0.25) is 0 Å². The number of pyridine rings is 1. The molecule has 0 bridgehead atoms. The number of aromatic nitrogens is 5. The molecule has 0 aromatic carbocycles. The molecule has 0 atom stereocenters. The Morgan fingerprint density at radius 3 is 2.81 bits per heavy atom. The number of hydrogen-bond acceptors (Lipinski definition) is 5. The van der Waals surface area contributed by atoms with Gasteiger partial charge in [0.05, 0.1) is 12.2 Å². The van der Waals surface area contributed by atoms with E-state index in [-0.39, 0.29) is 18.2 Å². The lowest BCUT2D eigenvalue weighted by Crippen LogP contribution is -2.41. The summed E-state index contributed by atoms with van der Waals surface area (Å²) in [5, 5.41) is 12.7. The highest BCUT2D eigenvalue weighted by molar-refractivity contribution is 6.00. The summed E-state index contributed by atoms with van der Waals surface area (Å²) in [5.74, 6) is 0. The second-order valence-corrected chi connectivity index (χ2v) is 7.92. The van der Waals surface area contributed by atoms with Gasteiger partial charge < -0.3 is 15.0 Å². The third kappa shape index (κ3) is 3.23. The number of carbonyl (C=O) groups is 1. The number of nitrogens with zero attached hydrogens (tertiary/aromatic N) is 4. The van der Waals surface area contributed by atoms with Crippen LogP contribution in [0.5, 0.6) is 0 Å². The Kier molecular flexibility index (Phi) is 4.05. The number of alkyl carbamates (subject to hydrolysis) is 1. The van der Waals surface area contributed by atoms with Crippen LogP contribution in [0.4, 0.5) is 4.79 Å². The van der Waals surface area contributed by atoms with Gasteiger partial charge in [0, 0.05) is 17.6 Å². The number of fused-ring (bicyclic) bond motifs is 3. The number of H-pyrrole nitrogens is 1. The Labute approximate surface area is 151 Å². The van der Waals surface area contributed by atoms with Gasteiger partial charge in [-0.3, -0.25) is 0 Å². The zero-order valence-electron chi connectivity index (χ0n) is 15.3. The van der Waals surface area contributed by atoms with E-state index in [1.165, 1.54) is 0 Å². The minimum absolute atomic E-state index is 0.143. The van der Waals surface area contributed by atoms with E-state index in [1.807, 2.05) is 37.7 Å². The number of rotatable bonds is 2. The molecule has 1 aliphatic carbocycles. The average Bonchev–Trinajstić information content (AvgIpc) is 3.19. The lowest BCUT2D eigenvalue weighted by atomic mass is 9.91. The van der Waals surface area contributed by atoms with Crippen molar-refractivity contribution >= 4 is 28.2 Å². The van der Waals surface area contributed by atoms with Gasteiger partial charge in [-0.2, -0.15) is 0 Å². The van der Waals surface area contributed by atoms with Crippen LogP contribution in [-0.4, -0.2) is 42.7 Å². The molecular formula is C18H24N6O2. The molecule has 8 heteroatoms. The highest BCUT2D eigenvalue weighted by atomic mass is 16.6. The first-order valence-corrected chi connectivity index (χ1v) is 9.07. The van der Waals surface area contributed by atoms with E-state index in [2.05, 4.69) is 25.6 Å². The SMILES string of the molecule is CC(C)(C)OC(=O)N[C@H]1CC[C@H](n2nnc3cnc4[nH]ccc4c32)CC1. The van der Waals surface area contributed by atoms with E-state index < -0.39 is 5.60 Å². The Bertz CT molecular complexity index is 930. The lowest BCUT2D eigenvalue weighted by molar-refractivity contribution is 0.0487. The number of nitrogens with one attached hydrogen (secondary N) is 2. The quantitative estimate of drug-likeness (QED) is 0.734. The Hall–Kier alpha value is -2.64. The van der Waals surface area contributed by atoms with Gasteiger partial charge >= 0.3 is 6.09 Å². The van der Waals surface area contributed by atoms with Crippen LogP contribution in [0.3, 0.4) is 0 Å². The van der Waals surface area contributed by atoms with Crippen molar-refractivity contribution in [1.29, 1.82) is 0 Å².